The number of carbonyl (C=O) groups is 1. The Hall–Kier alpha value is -2.33. The second kappa shape index (κ2) is 8.37. The van der Waals surface area contributed by atoms with Gasteiger partial charge in [0.15, 0.2) is 0 Å². The summed E-state index contributed by atoms with van der Waals surface area (Å²) in [5.74, 6) is -0.514. The first-order valence-corrected chi connectivity index (χ1v) is 9.27. The molecule has 1 aliphatic rings. The fourth-order valence-corrected chi connectivity index (χ4v) is 3.80. The molecule has 0 unspecified atom stereocenters. The molecule has 0 heterocycles. The predicted octanol–water partition coefficient (Wildman–Crippen LogP) is 4.55. The Morgan fingerprint density at radius 1 is 0.962 bits per heavy atom. The van der Waals surface area contributed by atoms with Crippen molar-refractivity contribution in [3.63, 3.8) is 0 Å². The van der Waals surface area contributed by atoms with Gasteiger partial charge in [-0.15, -0.1) is 0 Å². The van der Waals surface area contributed by atoms with Gasteiger partial charge in [0, 0.05) is 0 Å². The van der Waals surface area contributed by atoms with E-state index in [1.165, 1.54) is 0 Å². The van der Waals surface area contributed by atoms with Crippen molar-refractivity contribution in [1.82, 2.24) is 0 Å². The van der Waals surface area contributed by atoms with Crippen LogP contribution in [-0.4, -0.2) is 22.3 Å². The topological polar surface area (TPSA) is 66.8 Å². The molecular weight excluding hydrogens is 328 g/mol. The quantitative estimate of drug-likeness (QED) is 0.799. The van der Waals surface area contributed by atoms with E-state index >= 15 is 0 Å². The molecule has 0 radical (unpaired) electrons. The number of carboxylic acid groups (broad SMARTS) is 1. The summed E-state index contributed by atoms with van der Waals surface area (Å²) >= 11 is 0. The fourth-order valence-electron chi connectivity index (χ4n) is 3.80. The van der Waals surface area contributed by atoms with E-state index in [0.717, 1.165) is 29.7 Å². The molecule has 2 aromatic carbocycles. The third-order valence-corrected chi connectivity index (χ3v) is 5.30. The summed E-state index contributed by atoms with van der Waals surface area (Å²) in [5.41, 5.74) is 1.90. The van der Waals surface area contributed by atoms with Crippen LogP contribution < -0.4 is 4.74 Å². The number of aliphatic carboxylic acids is 1. The predicted molar refractivity (Wildman–Crippen MR) is 100 cm³/mol. The third kappa shape index (κ3) is 4.44. The van der Waals surface area contributed by atoms with Gasteiger partial charge in [-0.1, -0.05) is 42.5 Å². The first kappa shape index (κ1) is 18.5. The standard InChI is InChI=1S/C22H26O4/c1-15(16-5-3-2-4-6-16)26-20-13-9-18(10-14-20)21(22(24)25)17-7-11-19(23)12-8-17/h2-6,9-10,13-15,17,19,21,23H,7-8,11-12H2,1H3,(H,24,25)/t15-,17?,19?,21-/m0/s1. The number of aliphatic hydroxyl groups excluding tert-OH is 1. The van der Waals surface area contributed by atoms with Gasteiger partial charge in [0.25, 0.3) is 0 Å². The highest BCUT2D eigenvalue weighted by Crippen LogP contribution is 2.37. The smallest absolute Gasteiger partial charge is 0.311 e. The molecule has 0 bridgehead atoms. The molecule has 138 valence electrons. The Labute approximate surface area is 154 Å². The van der Waals surface area contributed by atoms with E-state index in [1.54, 1.807) is 0 Å². The van der Waals surface area contributed by atoms with Crippen LogP contribution in [0.4, 0.5) is 0 Å². The van der Waals surface area contributed by atoms with E-state index in [4.69, 9.17) is 4.74 Å². The summed E-state index contributed by atoms with van der Waals surface area (Å²) in [5, 5.41) is 19.4. The van der Waals surface area contributed by atoms with Gasteiger partial charge in [0.1, 0.15) is 11.9 Å². The van der Waals surface area contributed by atoms with E-state index in [-0.39, 0.29) is 18.1 Å². The van der Waals surface area contributed by atoms with Crippen LogP contribution >= 0.6 is 0 Å². The van der Waals surface area contributed by atoms with Gasteiger partial charge in [-0.25, -0.2) is 0 Å². The van der Waals surface area contributed by atoms with Crippen molar-refractivity contribution in [2.75, 3.05) is 0 Å². The molecule has 0 saturated heterocycles. The first-order chi connectivity index (χ1) is 12.5. The lowest BCUT2D eigenvalue weighted by Crippen LogP contribution is -2.27. The van der Waals surface area contributed by atoms with Gasteiger partial charge in [-0.05, 0) is 61.8 Å². The monoisotopic (exact) mass is 354 g/mol. The molecule has 4 nitrogen and oxygen atoms in total. The van der Waals surface area contributed by atoms with Crippen molar-refractivity contribution in [2.24, 2.45) is 5.92 Å². The second-order valence-electron chi connectivity index (χ2n) is 7.12. The van der Waals surface area contributed by atoms with Gasteiger partial charge in [0.2, 0.25) is 0 Å². The lowest BCUT2D eigenvalue weighted by molar-refractivity contribution is -0.140. The van der Waals surface area contributed by atoms with Crippen LogP contribution in [0, 0.1) is 5.92 Å². The minimum Gasteiger partial charge on any atom is -0.486 e. The highest BCUT2D eigenvalue weighted by atomic mass is 16.5. The van der Waals surface area contributed by atoms with Gasteiger partial charge in [-0.2, -0.15) is 0 Å². The Morgan fingerprint density at radius 3 is 2.15 bits per heavy atom. The lowest BCUT2D eigenvalue weighted by Gasteiger charge is -2.30. The molecule has 0 aromatic heterocycles. The highest BCUT2D eigenvalue weighted by molar-refractivity contribution is 5.76. The molecule has 2 aromatic rings. The van der Waals surface area contributed by atoms with Crippen LogP contribution in [0.3, 0.4) is 0 Å². The third-order valence-electron chi connectivity index (χ3n) is 5.30. The van der Waals surface area contributed by atoms with E-state index in [0.29, 0.717) is 12.8 Å². The van der Waals surface area contributed by atoms with E-state index in [1.807, 2.05) is 61.5 Å². The molecule has 4 heteroatoms. The molecule has 26 heavy (non-hydrogen) atoms. The molecule has 1 aliphatic carbocycles. The minimum atomic E-state index is -0.794. The zero-order chi connectivity index (χ0) is 18.5. The first-order valence-electron chi connectivity index (χ1n) is 9.27. The SMILES string of the molecule is C[C@H](Oc1ccc([C@@H](C(=O)O)C2CCC(O)CC2)cc1)c1ccccc1. The average molecular weight is 354 g/mol. The molecule has 2 atom stereocenters. The summed E-state index contributed by atoms with van der Waals surface area (Å²) in [4.78, 5) is 11.8. The normalized spacial score (nSPS) is 22.4. The molecular formula is C22H26O4. The van der Waals surface area contributed by atoms with Crippen LogP contribution in [0.25, 0.3) is 0 Å². The summed E-state index contributed by atoms with van der Waals surface area (Å²) in [6.07, 6.45) is 2.52. The maximum atomic E-state index is 11.8. The van der Waals surface area contributed by atoms with E-state index in [2.05, 4.69) is 0 Å². The zero-order valence-corrected chi connectivity index (χ0v) is 15.0. The van der Waals surface area contributed by atoms with Crippen molar-refractivity contribution in [3.05, 3.63) is 65.7 Å². The lowest BCUT2D eigenvalue weighted by atomic mass is 9.76. The molecule has 2 N–H and O–H groups in total. The molecule has 0 spiro atoms. The Kier molecular flexibility index (Phi) is 5.94. The Balaban J connectivity index is 1.70. The number of rotatable bonds is 6. The summed E-state index contributed by atoms with van der Waals surface area (Å²) in [7, 11) is 0. The fraction of sp³-hybridized carbons (Fsp3) is 0.409. The number of carboxylic acids is 1. The van der Waals surface area contributed by atoms with Crippen molar-refractivity contribution in [2.45, 2.75) is 50.7 Å². The van der Waals surface area contributed by atoms with Crippen LogP contribution in [0.1, 0.15) is 55.8 Å². The van der Waals surface area contributed by atoms with Crippen molar-refractivity contribution >= 4 is 5.97 Å². The van der Waals surface area contributed by atoms with Crippen LogP contribution in [0.15, 0.2) is 54.6 Å². The zero-order valence-electron chi connectivity index (χ0n) is 15.0. The van der Waals surface area contributed by atoms with Gasteiger partial charge >= 0.3 is 5.97 Å². The summed E-state index contributed by atoms with van der Waals surface area (Å²) < 4.78 is 5.97. The van der Waals surface area contributed by atoms with E-state index in [9.17, 15) is 15.0 Å². The number of hydrogen-bond acceptors (Lipinski definition) is 3. The maximum Gasteiger partial charge on any atom is 0.311 e. The van der Waals surface area contributed by atoms with E-state index < -0.39 is 11.9 Å². The minimum absolute atomic E-state index is 0.0721. The maximum absolute atomic E-state index is 11.8. The second-order valence-corrected chi connectivity index (χ2v) is 7.12. The molecule has 3 rings (SSSR count). The number of hydrogen-bond donors (Lipinski definition) is 2. The van der Waals surface area contributed by atoms with Crippen LogP contribution in [0.5, 0.6) is 5.75 Å². The van der Waals surface area contributed by atoms with Gasteiger partial charge in [-0.3, -0.25) is 4.79 Å². The van der Waals surface area contributed by atoms with Crippen molar-refractivity contribution in [1.29, 1.82) is 0 Å². The summed E-state index contributed by atoms with van der Waals surface area (Å²) in [6, 6.07) is 17.4. The van der Waals surface area contributed by atoms with Crippen LogP contribution in [-0.2, 0) is 4.79 Å². The average Bonchev–Trinajstić information content (AvgIpc) is 2.65. The number of aliphatic hydroxyl groups is 1. The van der Waals surface area contributed by atoms with Crippen molar-refractivity contribution in [3.8, 4) is 5.75 Å². The molecule has 1 saturated carbocycles. The van der Waals surface area contributed by atoms with Gasteiger partial charge in [0.05, 0.1) is 12.0 Å². The molecule has 0 aliphatic heterocycles. The largest absolute Gasteiger partial charge is 0.486 e. The van der Waals surface area contributed by atoms with Gasteiger partial charge < -0.3 is 14.9 Å². The Morgan fingerprint density at radius 2 is 1.58 bits per heavy atom. The highest BCUT2D eigenvalue weighted by Gasteiger charge is 2.32. The number of benzene rings is 2. The number of ether oxygens (including phenoxy) is 1. The van der Waals surface area contributed by atoms with Crippen LogP contribution in [0.2, 0.25) is 0 Å². The molecule has 1 fully saturated rings. The van der Waals surface area contributed by atoms with Crippen molar-refractivity contribution < 1.29 is 19.7 Å². The summed E-state index contributed by atoms with van der Waals surface area (Å²) in [6.45, 7) is 2.00. The molecule has 0 amide bonds. The Bertz CT molecular complexity index is 703.